The van der Waals surface area contributed by atoms with Crippen LogP contribution in [0.3, 0.4) is 0 Å². The maximum Gasteiger partial charge on any atom is 0.190 e. The van der Waals surface area contributed by atoms with Crippen LogP contribution in [0.15, 0.2) is 29.3 Å². The van der Waals surface area contributed by atoms with Gasteiger partial charge in [0.2, 0.25) is 0 Å². The fourth-order valence-electron chi connectivity index (χ4n) is 2.65. The first kappa shape index (κ1) is 15.4. The van der Waals surface area contributed by atoms with Crippen LogP contribution in [-0.4, -0.2) is 12.0 Å². The fraction of sp³-hybridized carbons (Fsp3) is 0.471. The first-order valence-electron chi connectivity index (χ1n) is 7.50. The van der Waals surface area contributed by atoms with Crippen LogP contribution in [0.2, 0.25) is 0 Å². The summed E-state index contributed by atoms with van der Waals surface area (Å²) in [6.45, 7) is 0. The zero-order chi connectivity index (χ0) is 15.1. The van der Waals surface area contributed by atoms with Crippen LogP contribution >= 0.6 is 0 Å². The maximum absolute atomic E-state index is 12.9. The SMILES string of the molecule is C#CC(NC(N)=NC1CCCCCC1)c1ccc(F)cc1. The van der Waals surface area contributed by atoms with Gasteiger partial charge < -0.3 is 11.1 Å². The molecular formula is C17H22FN3. The molecule has 0 saturated heterocycles. The van der Waals surface area contributed by atoms with Gasteiger partial charge in [-0.05, 0) is 30.5 Å². The Hall–Kier alpha value is -2.02. The van der Waals surface area contributed by atoms with E-state index in [0.29, 0.717) is 5.96 Å². The van der Waals surface area contributed by atoms with E-state index in [9.17, 15) is 4.39 Å². The van der Waals surface area contributed by atoms with Gasteiger partial charge in [0.1, 0.15) is 11.9 Å². The van der Waals surface area contributed by atoms with Gasteiger partial charge in [-0.2, -0.15) is 0 Å². The smallest absolute Gasteiger partial charge is 0.190 e. The normalized spacial score (nSPS) is 18.6. The molecule has 1 aliphatic carbocycles. The molecule has 0 aromatic heterocycles. The van der Waals surface area contributed by atoms with Crippen molar-refractivity contribution >= 4 is 5.96 Å². The number of halogens is 1. The number of rotatable bonds is 3. The lowest BCUT2D eigenvalue weighted by molar-refractivity contribution is 0.580. The number of nitrogens with two attached hydrogens (primary N) is 1. The second kappa shape index (κ2) is 7.68. The number of terminal acetylenes is 1. The van der Waals surface area contributed by atoms with E-state index in [-0.39, 0.29) is 17.9 Å². The Balaban J connectivity index is 2.00. The van der Waals surface area contributed by atoms with Gasteiger partial charge in [-0.25, -0.2) is 4.39 Å². The number of hydrogen-bond acceptors (Lipinski definition) is 1. The summed E-state index contributed by atoms with van der Waals surface area (Å²) in [5.41, 5.74) is 6.77. The van der Waals surface area contributed by atoms with E-state index in [1.807, 2.05) is 0 Å². The molecule has 1 aliphatic rings. The van der Waals surface area contributed by atoms with Gasteiger partial charge in [0.25, 0.3) is 0 Å². The third-order valence-corrected chi connectivity index (χ3v) is 3.81. The van der Waals surface area contributed by atoms with Gasteiger partial charge in [-0.3, -0.25) is 4.99 Å². The lowest BCUT2D eigenvalue weighted by Gasteiger charge is -2.16. The van der Waals surface area contributed by atoms with Gasteiger partial charge in [0, 0.05) is 0 Å². The Morgan fingerprint density at radius 2 is 1.86 bits per heavy atom. The van der Waals surface area contributed by atoms with Crippen LogP contribution in [0.4, 0.5) is 4.39 Å². The molecule has 0 heterocycles. The summed E-state index contributed by atoms with van der Waals surface area (Å²) in [5.74, 6) is 2.71. The Labute approximate surface area is 125 Å². The molecule has 1 aromatic carbocycles. The summed E-state index contributed by atoms with van der Waals surface area (Å²) >= 11 is 0. The topological polar surface area (TPSA) is 50.4 Å². The fourth-order valence-corrected chi connectivity index (χ4v) is 2.65. The predicted molar refractivity (Wildman–Crippen MR) is 84.2 cm³/mol. The molecule has 1 saturated carbocycles. The third kappa shape index (κ3) is 4.78. The highest BCUT2D eigenvalue weighted by atomic mass is 19.1. The molecule has 2 rings (SSSR count). The largest absolute Gasteiger partial charge is 0.370 e. The molecule has 0 spiro atoms. The minimum Gasteiger partial charge on any atom is -0.370 e. The van der Waals surface area contributed by atoms with E-state index in [0.717, 1.165) is 18.4 Å². The van der Waals surface area contributed by atoms with Gasteiger partial charge in [0.05, 0.1) is 6.04 Å². The van der Waals surface area contributed by atoms with Crippen LogP contribution < -0.4 is 11.1 Å². The van der Waals surface area contributed by atoms with Crippen molar-refractivity contribution in [3.8, 4) is 12.3 Å². The lowest BCUT2D eigenvalue weighted by Crippen LogP contribution is -2.35. The molecule has 4 heteroatoms. The van der Waals surface area contributed by atoms with Crippen molar-refractivity contribution in [2.45, 2.75) is 50.6 Å². The molecule has 21 heavy (non-hydrogen) atoms. The van der Waals surface area contributed by atoms with Gasteiger partial charge in [-0.1, -0.05) is 43.7 Å². The van der Waals surface area contributed by atoms with E-state index in [1.165, 1.54) is 37.8 Å². The van der Waals surface area contributed by atoms with Crippen LogP contribution in [-0.2, 0) is 0 Å². The number of hydrogen-bond donors (Lipinski definition) is 2. The van der Waals surface area contributed by atoms with Crippen molar-refractivity contribution in [3.63, 3.8) is 0 Å². The summed E-state index contributed by atoms with van der Waals surface area (Å²) in [4.78, 5) is 4.54. The second-order valence-electron chi connectivity index (χ2n) is 5.46. The Morgan fingerprint density at radius 1 is 1.24 bits per heavy atom. The summed E-state index contributed by atoms with van der Waals surface area (Å²) in [7, 11) is 0. The van der Waals surface area contributed by atoms with Crippen molar-refractivity contribution in [2.24, 2.45) is 10.7 Å². The van der Waals surface area contributed by atoms with Crippen molar-refractivity contribution in [2.75, 3.05) is 0 Å². The minimum atomic E-state index is -0.389. The summed E-state index contributed by atoms with van der Waals surface area (Å²) in [5, 5.41) is 3.04. The highest BCUT2D eigenvalue weighted by Gasteiger charge is 2.13. The molecule has 1 aromatic rings. The molecule has 1 fully saturated rings. The van der Waals surface area contributed by atoms with Crippen LogP contribution in [0, 0.1) is 18.2 Å². The third-order valence-electron chi connectivity index (χ3n) is 3.81. The number of benzene rings is 1. The number of guanidine groups is 1. The number of nitrogens with zero attached hydrogens (tertiary/aromatic N) is 1. The molecule has 112 valence electrons. The molecule has 1 unspecified atom stereocenters. The number of aliphatic imine (C=N–C) groups is 1. The van der Waals surface area contributed by atoms with Crippen LogP contribution in [0.1, 0.15) is 50.1 Å². The lowest BCUT2D eigenvalue weighted by atomic mass is 10.1. The van der Waals surface area contributed by atoms with Gasteiger partial charge in [0.15, 0.2) is 5.96 Å². The average Bonchev–Trinajstić information content (AvgIpc) is 2.74. The van der Waals surface area contributed by atoms with Gasteiger partial charge in [-0.15, -0.1) is 6.42 Å². The molecular weight excluding hydrogens is 265 g/mol. The van der Waals surface area contributed by atoms with Crippen LogP contribution in [0.25, 0.3) is 0 Å². The number of nitrogens with one attached hydrogen (secondary N) is 1. The Bertz CT molecular complexity index is 508. The molecule has 1 atom stereocenters. The quantitative estimate of drug-likeness (QED) is 0.388. The zero-order valence-corrected chi connectivity index (χ0v) is 12.2. The molecule has 3 N–H and O–H groups in total. The Morgan fingerprint density at radius 3 is 2.43 bits per heavy atom. The highest BCUT2D eigenvalue weighted by Crippen LogP contribution is 2.20. The predicted octanol–water partition coefficient (Wildman–Crippen LogP) is 3.13. The first-order valence-corrected chi connectivity index (χ1v) is 7.50. The molecule has 0 aliphatic heterocycles. The van der Waals surface area contributed by atoms with E-state index in [2.05, 4.69) is 16.2 Å². The van der Waals surface area contributed by atoms with Crippen LogP contribution in [0.5, 0.6) is 0 Å². The molecule has 0 bridgehead atoms. The van der Waals surface area contributed by atoms with E-state index < -0.39 is 0 Å². The van der Waals surface area contributed by atoms with Crippen molar-refractivity contribution < 1.29 is 4.39 Å². The van der Waals surface area contributed by atoms with Crippen molar-refractivity contribution in [1.29, 1.82) is 0 Å². The summed E-state index contributed by atoms with van der Waals surface area (Å²) < 4.78 is 12.9. The zero-order valence-electron chi connectivity index (χ0n) is 12.2. The van der Waals surface area contributed by atoms with Gasteiger partial charge >= 0.3 is 0 Å². The van der Waals surface area contributed by atoms with Crippen molar-refractivity contribution in [1.82, 2.24) is 5.32 Å². The molecule has 0 radical (unpaired) electrons. The maximum atomic E-state index is 12.9. The average molecular weight is 287 g/mol. The Kier molecular flexibility index (Phi) is 5.62. The van der Waals surface area contributed by atoms with E-state index >= 15 is 0 Å². The minimum absolute atomic E-state index is 0.283. The summed E-state index contributed by atoms with van der Waals surface area (Å²) in [6, 6.07) is 5.99. The monoisotopic (exact) mass is 287 g/mol. The van der Waals surface area contributed by atoms with E-state index in [4.69, 9.17) is 12.2 Å². The van der Waals surface area contributed by atoms with E-state index in [1.54, 1.807) is 12.1 Å². The standard InChI is InChI=1S/C17H22FN3/c1-2-16(13-9-11-14(18)12-10-13)21-17(19)20-15-7-5-3-4-6-8-15/h1,9-12,15-16H,3-8H2,(H3,19,20,21). The second-order valence-corrected chi connectivity index (χ2v) is 5.46. The summed E-state index contributed by atoms with van der Waals surface area (Å²) in [6.07, 6.45) is 12.7. The molecule has 3 nitrogen and oxygen atoms in total. The molecule has 0 amide bonds. The first-order chi connectivity index (χ1) is 10.2. The highest BCUT2D eigenvalue weighted by molar-refractivity contribution is 5.79. The van der Waals surface area contributed by atoms with Crippen molar-refractivity contribution in [3.05, 3.63) is 35.6 Å².